The first kappa shape index (κ1) is 20.8. The second-order valence-corrected chi connectivity index (χ2v) is 7.74. The fourth-order valence-corrected chi connectivity index (χ4v) is 3.72. The number of fused-ring (bicyclic) bond motifs is 1. The van der Waals surface area contributed by atoms with Crippen LogP contribution in [0.1, 0.15) is 27.0 Å². The van der Waals surface area contributed by atoms with E-state index in [1.807, 2.05) is 61.5 Å². The number of aryl methyl sites for hydroxylation is 1. The molecule has 0 heterocycles. The molecule has 4 aromatic carbocycles. The maximum absolute atomic E-state index is 11.4. The summed E-state index contributed by atoms with van der Waals surface area (Å²) in [4.78, 5) is 11.4. The van der Waals surface area contributed by atoms with E-state index in [1.54, 1.807) is 12.1 Å². The lowest BCUT2D eigenvalue weighted by Crippen LogP contribution is -2.07. The van der Waals surface area contributed by atoms with Crippen molar-refractivity contribution in [3.63, 3.8) is 0 Å². The molecular weight excluding hydrogens is 410 g/mol. The van der Waals surface area contributed by atoms with Crippen molar-refractivity contribution in [2.24, 2.45) is 0 Å². The molecule has 4 rings (SSSR count). The van der Waals surface area contributed by atoms with Gasteiger partial charge in [-0.1, -0.05) is 66.2 Å². The van der Waals surface area contributed by atoms with Crippen molar-refractivity contribution >= 4 is 34.0 Å². The third kappa shape index (κ3) is 4.65. The van der Waals surface area contributed by atoms with Gasteiger partial charge in [0.2, 0.25) is 0 Å². The van der Waals surface area contributed by atoms with Gasteiger partial charge in [-0.2, -0.15) is 0 Å². The fourth-order valence-electron chi connectivity index (χ4n) is 3.53. The molecule has 0 radical (unpaired) electrons. The van der Waals surface area contributed by atoms with Gasteiger partial charge in [0.1, 0.15) is 12.4 Å². The molecule has 156 valence electrons. The Morgan fingerprint density at radius 2 is 1.77 bits per heavy atom. The Hall–Kier alpha value is -3.50. The topological polar surface area (TPSA) is 58.6 Å². The Kier molecular flexibility index (Phi) is 6.10. The predicted molar refractivity (Wildman–Crippen MR) is 125 cm³/mol. The van der Waals surface area contributed by atoms with E-state index in [0.717, 1.165) is 38.9 Å². The van der Waals surface area contributed by atoms with E-state index >= 15 is 0 Å². The minimum absolute atomic E-state index is 0.251. The highest BCUT2D eigenvalue weighted by Crippen LogP contribution is 2.31. The number of carbonyl (C=O) groups is 1. The molecule has 4 nitrogen and oxygen atoms in total. The van der Waals surface area contributed by atoms with Crippen LogP contribution in [0.25, 0.3) is 10.8 Å². The molecule has 0 aliphatic rings. The lowest BCUT2D eigenvalue weighted by molar-refractivity contribution is 0.0697. The van der Waals surface area contributed by atoms with Crippen molar-refractivity contribution in [3.8, 4) is 5.75 Å². The molecule has 0 amide bonds. The minimum Gasteiger partial charge on any atom is -0.488 e. The summed E-state index contributed by atoms with van der Waals surface area (Å²) in [5, 5.41) is 15.6. The first-order chi connectivity index (χ1) is 15.0. The summed E-state index contributed by atoms with van der Waals surface area (Å²) < 4.78 is 6.17. The van der Waals surface area contributed by atoms with Gasteiger partial charge in [-0.25, -0.2) is 4.79 Å². The van der Waals surface area contributed by atoms with Crippen molar-refractivity contribution in [3.05, 3.63) is 106 Å². The van der Waals surface area contributed by atoms with Gasteiger partial charge in [0.25, 0.3) is 0 Å². The molecule has 0 saturated heterocycles. The van der Waals surface area contributed by atoms with Gasteiger partial charge in [0.05, 0.1) is 5.56 Å². The number of aromatic carboxylic acids is 1. The Morgan fingerprint density at radius 1 is 1.00 bits per heavy atom. The summed E-state index contributed by atoms with van der Waals surface area (Å²) in [6, 6.07) is 24.8. The number of benzene rings is 4. The number of anilines is 1. The van der Waals surface area contributed by atoms with Crippen molar-refractivity contribution in [1.29, 1.82) is 0 Å². The van der Waals surface area contributed by atoms with Gasteiger partial charge >= 0.3 is 5.97 Å². The molecule has 0 spiro atoms. The number of hydrogen-bond acceptors (Lipinski definition) is 3. The number of carboxylic acid groups (broad SMARTS) is 1. The molecule has 0 bridgehead atoms. The first-order valence-corrected chi connectivity index (χ1v) is 10.4. The van der Waals surface area contributed by atoms with Crippen LogP contribution in [0.4, 0.5) is 5.69 Å². The summed E-state index contributed by atoms with van der Waals surface area (Å²) in [5.74, 6) is -0.185. The minimum atomic E-state index is -0.947. The van der Waals surface area contributed by atoms with E-state index in [0.29, 0.717) is 18.2 Å². The largest absolute Gasteiger partial charge is 0.488 e. The first-order valence-electron chi connectivity index (χ1n) is 9.97. The number of carboxylic acids is 1. The van der Waals surface area contributed by atoms with Crippen LogP contribution in [0.3, 0.4) is 0 Å². The van der Waals surface area contributed by atoms with Gasteiger partial charge in [-0.05, 0) is 47.5 Å². The summed E-state index contributed by atoms with van der Waals surface area (Å²) in [5.41, 5.74) is 3.93. The lowest BCUT2D eigenvalue weighted by atomic mass is 10.0. The maximum atomic E-state index is 11.4. The summed E-state index contributed by atoms with van der Waals surface area (Å²) >= 11 is 6.28. The Labute approximate surface area is 186 Å². The van der Waals surface area contributed by atoms with Crippen LogP contribution in [-0.4, -0.2) is 11.1 Å². The van der Waals surface area contributed by atoms with Crippen molar-refractivity contribution in [1.82, 2.24) is 0 Å². The standard InChI is InChI=1S/C26H22ClNO3/c1-17-10-11-19(26(29)30)14-24(17)28-15-22-21-8-4-2-6-18(21)12-13-25(22)31-16-20-7-3-5-9-23(20)27/h2-14,28H,15-16H2,1H3,(H,29,30). The molecule has 4 aromatic rings. The van der Waals surface area contributed by atoms with Crippen molar-refractivity contribution in [2.45, 2.75) is 20.1 Å². The number of nitrogens with one attached hydrogen (secondary N) is 1. The second kappa shape index (κ2) is 9.11. The Morgan fingerprint density at radius 3 is 2.58 bits per heavy atom. The molecule has 0 aliphatic heterocycles. The highest BCUT2D eigenvalue weighted by atomic mass is 35.5. The molecule has 0 atom stereocenters. The normalized spacial score (nSPS) is 10.8. The van der Waals surface area contributed by atoms with E-state index in [1.165, 1.54) is 0 Å². The number of halogens is 1. The molecule has 0 aromatic heterocycles. The molecule has 31 heavy (non-hydrogen) atoms. The van der Waals surface area contributed by atoms with Gasteiger partial charge < -0.3 is 15.2 Å². The Balaban J connectivity index is 1.65. The van der Waals surface area contributed by atoms with Gasteiger partial charge in [-0.15, -0.1) is 0 Å². The molecule has 0 aliphatic carbocycles. The van der Waals surface area contributed by atoms with Crippen molar-refractivity contribution in [2.75, 3.05) is 5.32 Å². The van der Waals surface area contributed by atoms with Crippen LogP contribution in [0.2, 0.25) is 5.02 Å². The third-order valence-corrected chi connectivity index (χ3v) is 5.65. The number of rotatable bonds is 7. The Bertz CT molecular complexity index is 1250. The number of ether oxygens (including phenoxy) is 1. The second-order valence-electron chi connectivity index (χ2n) is 7.33. The van der Waals surface area contributed by atoms with E-state index in [9.17, 15) is 9.90 Å². The van der Waals surface area contributed by atoms with E-state index in [4.69, 9.17) is 16.3 Å². The average molecular weight is 432 g/mol. The van der Waals surface area contributed by atoms with E-state index < -0.39 is 5.97 Å². The zero-order chi connectivity index (χ0) is 21.8. The maximum Gasteiger partial charge on any atom is 0.335 e. The molecule has 5 heteroatoms. The molecule has 0 saturated carbocycles. The molecule has 0 fully saturated rings. The SMILES string of the molecule is Cc1ccc(C(=O)O)cc1NCc1c(OCc2ccccc2Cl)ccc2ccccc12. The quantitative estimate of drug-likeness (QED) is 0.342. The monoisotopic (exact) mass is 431 g/mol. The highest BCUT2D eigenvalue weighted by molar-refractivity contribution is 6.31. The zero-order valence-corrected chi connectivity index (χ0v) is 17.8. The highest BCUT2D eigenvalue weighted by Gasteiger charge is 2.12. The van der Waals surface area contributed by atoms with Gasteiger partial charge in [0, 0.05) is 28.4 Å². The summed E-state index contributed by atoms with van der Waals surface area (Å²) in [7, 11) is 0. The third-order valence-electron chi connectivity index (χ3n) is 5.28. The zero-order valence-electron chi connectivity index (χ0n) is 17.1. The van der Waals surface area contributed by atoms with Crippen LogP contribution in [0.5, 0.6) is 5.75 Å². The van der Waals surface area contributed by atoms with Crippen LogP contribution in [-0.2, 0) is 13.2 Å². The summed E-state index contributed by atoms with van der Waals surface area (Å²) in [6.07, 6.45) is 0. The van der Waals surface area contributed by atoms with Crippen LogP contribution in [0.15, 0.2) is 78.9 Å². The van der Waals surface area contributed by atoms with Crippen LogP contribution >= 0.6 is 11.6 Å². The molecule has 0 unspecified atom stereocenters. The van der Waals surface area contributed by atoms with Crippen LogP contribution in [0, 0.1) is 6.92 Å². The number of hydrogen-bond donors (Lipinski definition) is 2. The average Bonchev–Trinajstić information content (AvgIpc) is 2.78. The van der Waals surface area contributed by atoms with Gasteiger partial charge in [-0.3, -0.25) is 0 Å². The van der Waals surface area contributed by atoms with Crippen LogP contribution < -0.4 is 10.1 Å². The summed E-state index contributed by atoms with van der Waals surface area (Å²) in [6.45, 7) is 2.80. The van der Waals surface area contributed by atoms with Crippen molar-refractivity contribution < 1.29 is 14.6 Å². The predicted octanol–water partition coefficient (Wildman–Crippen LogP) is 6.69. The lowest BCUT2D eigenvalue weighted by Gasteiger charge is -2.17. The van der Waals surface area contributed by atoms with E-state index in [-0.39, 0.29) is 5.56 Å². The van der Waals surface area contributed by atoms with E-state index in [2.05, 4.69) is 17.4 Å². The molecule has 2 N–H and O–H groups in total. The molecular formula is C26H22ClNO3. The van der Waals surface area contributed by atoms with Gasteiger partial charge in [0.15, 0.2) is 0 Å². The fraction of sp³-hybridized carbons (Fsp3) is 0.115. The smallest absolute Gasteiger partial charge is 0.335 e.